The van der Waals surface area contributed by atoms with Gasteiger partial charge < -0.3 is 10.5 Å². The first-order valence-corrected chi connectivity index (χ1v) is 8.20. The lowest BCUT2D eigenvalue weighted by atomic mass is 10.1. The molecule has 0 aliphatic rings. The van der Waals surface area contributed by atoms with Gasteiger partial charge in [0, 0.05) is 12.1 Å². The molecule has 0 spiro atoms. The normalized spacial score (nSPS) is 11.9. The first-order chi connectivity index (χ1) is 11.0. The van der Waals surface area contributed by atoms with Crippen molar-refractivity contribution < 1.29 is 14.5 Å². The van der Waals surface area contributed by atoms with Crippen LogP contribution >= 0.6 is 0 Å². The number of ether oxygens (including phenoxy) is 1. The van der Waals surface area contributed by atoms with Crippen molar-refractivity contribution in [2.45, 2.75) is 57.9 Å². The maximum Gasteiger partial charge on any atom is 0.323 e. The summed E-state index contributed by atoms with van der Waals surface area (Å²) in [5.74, 6) is -0.454. The predicted molar refractivity (Wildman–Crippen MR) is 89.1 cm³/mol. The molecular weight excluding hydrogens is 296 g/mol. The number of benzene rings is 1. The van der Waals surface area contributed by atoms with Crippen LogP contribution in [0.5, 0.6) is 0 Å². The van der Waals surface area contributed by atoms with E-state index in [0.29, 0.717) is 12.2 Å². The van der Waals surface area contributed by atoms with E-state index in [0.717, 1.165) is 19.3 Å². The highest BCUT2D eigenvalue weighted by Gasteiger charge is 2.17. The summed E-state index contributed by atoms with van der Waals surface area (Å²) >= 11 is 0. The summed E-state index contributed by atoms with van der Waals surface area (Å²) in [7, 11) is 0. The molecule has 0 aliphatic heterocycles. The van der Waals surface area contributed by atoms with Crippen molar-refractivity contribution in [3.8, 4) is 0 Å². The molecule has 1 unspecified atom stereocenters. The van der Waals surface area contributed by atoms with Crippen molar-refractivity contribution in [2.24, 2.45) is 5.73 Å². The average Bonchev–Trinajstić information content (AvgIpc) is 2.54. The zero-order chi connectivity index (χ0) is 17.1. The van der Waals surface area contributed by atoms with Gasteiger partial charge in [-0.2, -0.15) is 0 Å². The Balaban J connectivity index is 2.28. The number of unbranched alkanes of at least 4 members (excludes halogenated alkanes) is 5. The summed E-state index contributed by atoms with van der Waals surface area (Å²) in [6, 6.07) is 5.35. The van der Waals surface area contributed by atoms with E-state index in [4.69, 9.17) is 10.5 Å². The number of carbonyl (C=O) groups is 1. The minimum Gasteiger partial charge on any atom is -0.465 e. The van der Waals surface area contributed by atoms with Crippen molar-refractivity contribution in [3.63, 3.8) is 0 Å². The molecule has 1 rings (SSSR count). The molecule has 0 saturated heterocycles. The number of nitro groups is 1. The topological polar surface area (TPSA) is 95.5 Å². The van der Waals surface area contributed by atoms with Gasteiger partial charge in [-0.15, -0.1) is 0 Å². The molecular formula is C17H26N2O4. The molecule has 0 amide bonds. The molecule has 1 aromatic rings. The molecule has 0 aliphatic carbocycles. The number of nitrogens with two attached hydrogens (primary N) is 1. The smallest absolute Gasteiger partial charge is 0.323 e. The fourth-order valence-electron chi connectivity index (χ4n) is 2.30. The lowest BCUT2D eigenvalue weighted by molar-refractivity contribution is -0.384. The highest BCUT2D eigenvalue weighted by atomic mass is 16.6. The molecule has 128 valence electrons. The Kier molecular flexibility index (Phi) is 8.90. The molecule has 0 saturated carbocycles. The van der Waals surface area contributed by atoms with Gasteiger partial charge in [-0.1, -0.05) is 51.2 Å². The second-order valence-corrected chi connectivity index (χ2v) is 5.67. The Bertz CT molecular complexity index is 505. The summed E-state index contributed by atoms with van der Waals surface area (Å²) in [5.41, 5.74) is 6.46. The molecule has 0 bridgehead atoms. The SMILES string of the molecule is CCCCCCCCOC(=O)C(N)Cc1cccc([N+](=O)[O-])c1. The fraction of sp³-hybridized carbons (Fsp3) is 0.588. The summed E-state index contributed by atoms with van der Waals surface area (Å²) in [6.07, 6.45) is 6.96. The summed E-state index contributed by atoms with van der Waals surface area (Å²) in [4.78, 5) is 22.1. The van der Waals surface area contributed by atoms with Crippen molar-refractivity contribution in [1.82, 2.24) is 0 Å². The van der Waals surface area contributed by atoms with E-state index in [2.05, 4.69) is 6.92 Å². The third kappa shape index (κ3) is 7.74. The molecule has 1 aromatic carbocycles. The number of hydrogen-bond acceptors (Lipinski definition) is 5. The number of nitro benzene ring substituents is 1. The molecule has 6 nitrogen and oxygen atoms in total. The lowest BCUT2D eigenvalue weighted by Gasteiger charge is -2.11. The number of esters is 1. The van der Waals surface area contributed by atoms with Gasteiger partial charge >= 0.3 is 5.97 Å². The average molecular weight is 322 g/mol. The van der Waals surface area contributed by atoms with Crippen LogP contribution in [0.4, 0.5) is 5.69 Å². The van der Waals surface area contributed by atoms with E-state index in [-0.39, 0.29) is 12.1 Å². The standard InChI is InChI=1S/C17H26N2O4/c1-2-3-4-5-6-7-11-23-17(20)16(18)13-14-9-8-10-15(12-14)19(21)22/h8-10,12,16H,2-7,11,13,18H2,1H3. The second-order valence-electron chi connectivity index (χ2n) is 5.67. The molecule has 23 heavy (non-hydrogen) atoms. The molecule has 1 atom stereocenters. The van der Waals surface area contributed by atoms with Crippen molar-refractivity contribution >= 4 is 11.7 Å². The molecule has 0 heterocycles. The Morgan fingerprint density at radius 2 is 1.96 bits per heavy atom. The Morgan fingerprint density at radius 3 is 2.65 bits per heavy atom. The van der Waals surface area contributed by atoms with E-state index in [1.165, 1.54) is 31.4 Å². The third-order valence-electron chi connectivity index (χ3n) is 3.62. The minimum absolute atomic E-state index is 0.00449. The summed E-state index contributed by atoms with van der Waals surface area (Å²) in [6.45, 7) is 2.55. The Labute approximate surface area is 137 Å². The van der Waals surface area contributed by atoms with Crippen LogP contribution in [-0.2, 0) is 16.0 Å². The third-order valence-corrected chi connectivity index (χ3v) is 3.62. The quantitative estimate of drug-likeness (QED) is 0.292. The largest absolute Gasteiger partial charge is 0.465 e. The van der Waals surface area contributed by atoms with Gasteiger partial charge in [-0.05, 0) is 18.4 Å². The van der Waals surface area contributed by atoms with Gasteiger partial charge in [0.25, 0.3) is 5.69 Å². The minimum atomic E-state index is -0.794. The van der Waals surface area contributed by atoms with Gasteiger partial charge in [-0.25, -0.2) is 0 Å². The molecule has 0 aromatic heterocycles. The van der Waals surface area contributed by atoms with E-state index >= 15 is 0 Å². The summed E-state index contributed by atoms with van der Waals surface area (Å²) < 4.78 is 5.16. The first-order valence-electron chi connectivity index (χ1n) is 8.20. The second kappa shape index (κ2) is 10.7. The van der Waals surface area contributed by atoms with Gasteiger partial charge in [0.1, 0.15) is 6.04 Å². The Morgan fingerprint density at radius 1 is 1.26 bits per heavy atom. The van der Waals surface area contributed by atoms with E-state index in [9.17, 15) is 14.9 Å². The van der Waals surface area contributed by atoms with Crippen LogP contribution in [0.2, 0.25) is 0 Å². The highest BCUT2D eigenvalue weighted by molar-refractivity contribution is 5.75. The van der Waals surface area contributed by atoms with Crippen LogP contribution in [0.1, 0.15) is 51.0 Å². The number of hydrogen-bond donors (Lipinski definition) is 1. The van der Waals surface area contributed by atoms with Gasteiger partial charge in [-0.3, -0.25) is 14.9 Å². The van der Waals surface area contributed by atoms with Crippen molar-refractivity contribution in [3.05, 3.63) is 39.9 Å². The van der Waals surface area contributed by atoms with Gasteiger partial charge in [0.15, 0.2) is 0 Å². The van der Waals surface area contributed by atoms with Crippen molar-refractivity contribution in [2.75, 3.05) is 6.61 Å². The Hall–Kier alpha value is -1.95. The number of rotatable bonds is 11. The van der Waals surface area contributed by atoms with Crippen LogP contribution in [0.25, 0.3) is 0 Å². The molecule has 0 fully saturated rings. The zero-order valence-corrected chi connectivity index (χ0v) is 13.7. The summed E-state index contributed by atoms with van der Waals surface area (Å²) in [5, 5.41) is 10.7. The van der Waals surface area contributed by atoms with Gasteiger partial charge in [0.2, 0.25) is 0 Å². The van der Waals surface area contributed by atoms with Crippen LogP contribution < -0.4 is 5.73 Å². The van der Waals surface area contributed by atoms with Crippen LogP contribution in [-0.4, -0.2) is 23.5 Å². The molecule has 2 N–H and O–H groups in total. The van der Waals surface area contributed by atoms with Crippen LogP contribution in [0, 0.1) is 10.1 Å². The number of nitrogens with zero attached hydrogens (tertiary/aromatic N) is 1. The first kappa shape index (κ1) is 19.1. The monoisotopic (exact) mass is 322 g/mol. The zero-order valence-electron chi connectivity index (χ0n) is 13.7. The number of carbonyl (C=O) groups excluding carboxylic acids is 1. The van der Waals surface area contributed by atoms with Crippen LogP contribution in [0.15, 0.2) is 24.3 Å². The van der Waals surface area contributed by atoms with Crippen LogP contribution in [0.3, 0.4) is 0 Å². The highest BCUT2D eigenvalue weighted by Crippen LogP contribution is 2.14. The van der Waals surface area contributed by atoms with Crippen molar-refractivity contribution in [1.29, 1.82) is 0 Å². The van der Waals surface area contributed by atoms with E-state index in [1.54, 1.807) is 12.1 Å². The predicted octanol–water partition coefficient (Wildman–Crippen LogP) is 3.37. The fourth-order valence-corrected chi connectivity index (χ4v) is 2.30. The number of non-ortho nitro benzene ring substituents is 1. The lowest BCUT2D eigenvalue weighted by Crippen LogP contribution is -2.34. The molecule has 6 heteroatoms. The maximum absolute atomic E-state index is 11.8. The van der Waals surface area contributed by atoms with E-state index in [1.807, 2.05) is 0 Å². The van der Waals surface area contributed by atoms with E-state index < -0.39 is 16.9 Å². The molecule has 0 radical (unpaired) electrons. The van der Waals surface area contributed by atoms with Gasteiger partial charge in [0.05, 0.1) is 11.5 Å². The maximum atomic E-state index is 11.8.